The van der Waals surface area contributed by atoms with Gasteiger partial charge in [0.05, 0.1) is 0 Å². The Morgan fingerprint density at radius 3 is 2.87 bits per heavy atom. The Morgan fingerprint density at radius 2 is 2.27 bits per heavy atom. The number of halogens is 1. The lowest BCUT2D eigenvalue weighted by atomic mass is 10.3. The molecule has 0 radical (unpaired) electrons. The number of rotatable bonds is 4. The largest absolute Gasteiger partial charge is 0.366 e. The molecule has 0 fully saturated rings. The van der Waals surface area contributed by atoms with Crippen molar-refractivity contribution in [2.24, 2.45) is 0 Å². The van der Waals surface area contributed by atoms with E-state index in [1.54, 1.807) is 6.26 Å². The standard InChI is InChI=1S/C9H14ClN3OS/c1-6(4-15(3)14)13-9-7(2)8(10)11-5-12-9/h5-6H,4H2,1-3H3,(H,11,12,13). The Bertz CT molecular complexity index is 372. The van der Waals surface area contributed by atoms with Crippen LogP contribution in [0.15, 0.2) is 6.33 Å². The summed E-state index contributed by atoms with van der Waals surface area (Å²) in [6.45, 7) is 3.80. The van der Waals surface area contributed by atoms with Crippen LogP contribution in [0, 0.1) is 6.92 Å². The van der Waals surface area contributed by atoms with Gasteiger partial charge in [-0.05, 0) is 13.8 Å². The van der Waals surface area contributed by atoms with Gasteiger partial charge in [0.2, 0.25) is 0 Å². The molecule has 0 aliphatic carbocycles. The molecule has 1 heterocycles. The Morgan fingerprint density at radius 1 is 1.60 bits per heavy atom. The van der Waals surface area contributed by atoms with E-state index in [-0.39, 0.29) is 6.04 Å². The van der Waals surface area contributed by atoms with Crippen LogP contribution in [0.1, 0.15) is 12.5 Å². The molecule has 1 N–H and O–H groups in total. The van der Waals surface area contributed by atoms with Crippen molar-refractivity contribution in [1.82, 2.24) is 9.97 Å². The fraction of sp³-hybridized carbons (Fsp3) is 0.556. The fourth-order valence-electron chi connectivity index (χ4n) is 1.20. The van der Waals surface area contributed by atoms with E-state index in [4.69, 9.17) is 11.6 Å². The van der Waals surface area contributed by atoms with E-state index >= 15 is 0 Å². The molecule has 0 saturated carbocycles. The highest BCUT2D eigenvalue weighted by Gasteiger charge is 2.09. The minimum absolute atomic E-state index is 0.0977. The van der Waals surface area contributed by atoms with Gasteiger partial charge in [-0.1, -0.05) is 11.6 Å². The van der Waals surface area contributed by atoms with Crippen molar-refractivity contribution in [3.8, 4) is 0 Å². The SMILES string of the molecule is Cc1c(Cl)ncnc1NC(C)CS(C)=O. The van der Waals surface area contributed by atoms with Crippen molar-refractivity contribution in [2.45, 2.75) is 19.9 Å². The third-order valence-electron chi connectivity index (χ3n) is 1.89. The van der Waals surface area contributed by atoms with Gasteiger partial charge in [-0.3, -0.25) is 4.21 Å². The zero-order valence-corrected chi connectivity index (χ0v) is 10.5. The van der Waals surface area contributed by atoms with E-state index in [1.807, 2.05) is 13.8 Å². The normalized spacial score (nSPS) is 14.7. The summed E-state index contributed by atoms with van der Waals surface area (Å²) in [7, 11) is -0.820. The second-order valence-corrected chi connectivity index (χ2v) is 5.26. The molecule has 1 rings (SSSR count). The Kier molecular flexibility index (Phi) is 4.47. The number of aromatic nitrogens is 2. The number of nitrogens with zero attached hydrogens (tertiary/aromatic N) is 2. The highest BCUT2D eigenvalue weighted by atomic mass is 35.5. The lowest BCUT2D eigenvalue weighted by Crippen LogP contribution is -2.23. The van der Waals surface area contributed by atoms with E-state index in [0.717, 1.165) is 5.56 Å². The number of hydrogen-bond acceptors (Lipinski definition) is 4. The molecule has 2 unspecified atom stereocenters. The van der Waals surface area contributed by atoms with Crippen LogP contribution < -0.4 is 5.32 Å². The zero-order valence-electron chi connectivity index (χ0n) is 8.95. The molecule has 15 heavy (non-hydrogen) atoms. The molecule has 1 aromatic rings. The van der Waals surface area contributed by atoms with Gasteiger partial charge < -0.3 is 5.32 Å². The predicted molar refractivity (Wildman–Crippen MR) is 63.8 cm³/mol. The molecule has 0 spiro atoms. The van der Waals surface area contributed by atoms with Gasteiger partial charge in [-0.15, -0.1) is 0 Å². The lowest BCUT2D eigenvalue weighted by Gasteiger charge is -2.14. The van der Waals surface area contributed by atoms with Gasteiger partial charge in [0.1, 0.15) is 17.3 Å². The van der Waals surface area contributed by atoms with Crippen LogP contribution in [0.25, 0.3) is 0 Å². The molecule has 4 nitrogen and oxygen atoms in total. The molecule has 2 atom stereocenters. The number of nitrogens with one attached hydrogen (secondary N) is 1. The second-order valence-electron chi connectivity index (χ2n) is 3.42. The highest BCUT2D eigenvalue weighted by molar-refractivity contribution is 7.84. The fourth-order valence-corrected chi connectivity index (χ4v) is 2.12. The van der Waals surface area contributed by atoms with Gasteiger partial charge in [-0.25, -0.2) is 9.97 Å². The summed E-state index contributed by atoms with van der Waals surface area (Å²) < 4.78 is 11.0. The first-order chi connectivity index (χ1) is 7.00. The summed E-state index contributed by atoms with van der Waals surface area (Å²) in [4.78, 5) is 7.94. The molecule has 0 aliphatic rings. The van der Waals surface area contributed by atoms with Crippen molar-refractivity contribution in [1.29, 1.82) is 0 Å². The first-order valence-corrected chi connectivity index (χ1v) is 6.65. The quantitative estimate of drug-likeness (QED) is 0.822. The number of hydrogen-bond donors (Lipinski definition) is 1. The average molecular weight is 248 g/mol. The van der Waals surface area contributed by atoms with E-state index in [1.165, 1.54) is 6.33 Å². The predicted octanol–water partition coefficient (Wildman–Crippen LogP) is 1.62. The summed E-state index contributed by atoms with van der Waals surface area (Å²) in [6.07, 6.45) is 3.09. The molecule has 0 amide bonds. The molecule has 0 saturated heterocycles. The van der Waals surface area contributed by atoms with Crippen LogP contribution >= 0.6 is 11.6 Å². The molecule has 0 aromatic carbocycles. The average Bonchev–Trinajstić information content (AvgIpc) is 2.11. The summed E-state index contributed by atoms with van der Waals surface area (Å²) >= 11 is 5.85. The van der Waals surface area contributed by atoms with Gasteiger partial charge in [0, 0.05) is 34.4 Å². The van der Waals surface area contributed by atoms with Crippen LogP contribution in [0.2, 0.25) is 5.15 Å². The van der Waals surface area contributed by atoms with Crippen molar-refractivity contribution in [2.75, 3.05) is 17.3 Å². The lowest BCUT2D eigenvalue weighted by molar-refractivity contribution is 0.682. The number of anilines is 1. The van der Waals surface area contributed by atoms with E-state index in [0.29, 0.717) is 16.7 Å². The Hall–Kier alpha value is -0.680. The first kappa shape index (κ1) is 12.4. The third-order valence-corrected chi connectivity index (χ3v) is 3.24. The Balaban J connectivity index is 2.72. The summed E-state index contributed by atoms with van der Waals surface area (Å²) in [6, 6.07) is 0.0977. The van der Waals surface area contributed by atoms with Gasteiger partial charge in [-0.2, -0.15) is 0 Å². The highest BCUT2D eigenvalue weighted by Crippen LogP contribution is 2.18. The zero-order chi connectivity index (χ0) is 11.4. The molecular formula is C9H14ClN3OS. The van der Waals surface area contributed by atoms with E-state index in [9.17, 15) is 4.21 Å². The van der Waals surface area contributed by atoms with Crippen LogP contribution in [0.4, 0.5) is 5.82 Å². The van der Waals surface area contributed by atoms with E-state index in [2.05, 4.69) is 15.3 Å². The first-order valence-electron chi connectivity index (χ1n) is 4.54. The third kappa shape index (κ3) is 3.76. The van der Waals surface area contributed by atoms with Crippen LogP contribution in [-0.4, -0.2) is 32.2 Å². The smallest absolute Gasteiger partial charge is 0.137 e. The van der Waals surface area contributed by atoms with Crippen molar-refractivity contribution >= 4 is 28.2 Å². The molecule has 0 bridgehead atoms. The molecule has 0 aliphatic heterocycles. The topological polar surface area (TPSA) is 54.9 Å². The van der Waals surface area contributed by atoms with Gasteiger partial charge in [0.25, 0.3) is 0 Å². The van der Waals surface area contributed by atoms with E-state index < -0.39 is 10.8 Å². The maximum Gasteiger partial charge on any atom is 0.137 e. The second kappa shape index (κ2) is 5.42. The molecular weight excluding hydrogens is 234 g/mol. The monoisotopic (exact) mass is 247 g/mol. The summed E-state index contributed by atoms with van der Waals surface area (Å²) in [5.41, 5.74) is 0.813. The van der Waals surface area contributed by atoms with Crippen molar-refractivity contribution in [3.63, 3.8) is 0 Å². The van der Waals surface area contributed by atoms with Crippen molar-refractivity contribution < 1.29 is 4.21 Å². The summed E-state index contributed by atoms with van der Waals surface area (Å²) in [5.74, 6) is 1.29. The minimum Gasteiger partial charge on any atom is -0.366 e. The van der Waals surface area contributed by atoms with Gasteiger partial charge in [0.15, 0.2) is 0 Å². The molecule has 6 heteroatoms. The summed E-state index contributed by atoms with van der Waals surface area (Å²) in [5, 5.41) is 3.60. The maximum atomic E-state index is 11.0. The minimum atomic E-state index is -0.820. The molecule has 84 valence electrons. The van der Waals surface area contributed by atoms with Crippen LogP contribution in [0.5, 0.6) is 0 Å². The van der Waals surface area contributed by atoms with Crippen LogP contribution in [-0.2, 0) is 10.8 Å². The Labute approximate surface area is 96.9 Å². The van der Waals surface area contributed by atoms with Crippen molar-refractivity contribution in [3.05, 3.63) is 17.0 Å². The van der Waals surface area contributed by atoms with Gasteiger partial charge >= 0.3 is 0 Å². The maximum absolute atomic E-state index is 11.0. The van der Waals surface area contributed by atoms with Crippen LogP contribution in [0.3, 0.4) is 0 Å². The molecule has 1 aromatic heterocycles.